The van der Waals surface area contributed by atoms with E-state index >= 15 is 0 Å². The highest BCUT2D eigenvalue weighted by molar-refractivity contribution is 6.42. The second kappa shape index (κ2) is 6.26. The summed E-state index contributed by atoms with van der Waals surface area (Å²) in [5.41, 5.74) is 1.16. The second-order valence-electron chi connectivity index (χ2n) is 4.13. The average molecular weight is 295 g/mol. The van der Waals surface area contributed by atoms with Crippen molar-refractivity contribution in [3.8, 4) is 0 Å². The van der Waals surface area contributed by atoms with Gasteiger partial charge >= 0.3 is 0 Å². The molecular weight excluding hydrogens is 280 g/mol. The summed E-state index contributed by atoms with van der Waals surface area (Å²) >= 11 is 17.7. The normalized spacial score (nSPS) is 21.7. The molecule has 1 aromatic rings. The minimum atomic E-state index is 0.133. The monoisotopic (exact) mass is 293 g/mol. The molecule has 0 saturated carbocycles. The molecule has 0 spiro atoms. The van der Waals surface area contributed by atoms with Gasteiger partial charge < -0.3 is 4.74 Å². The second-order valence-corrected chi connectivity index (χ2v) is 5.25. The van der Waals surface area contributed by atoms with Gasteiger partial charge in [0.15, 0.2) is 0 Å². The molecule has 0 aliphatic carbocycles. The summed E-state index contributed by atoms with van der Waals surface area (Å²) in [6.07, 6.45) is 0.133. The molecule has 0 bridgehead atoms. The maximum absolute atomic E-state index is 5.99. The standard InChI is InChI=1S/C12H14Cl3NO/c13-6-10-8-16(3-4-17-10)7-9-1-2-11(14)12(15)5-9/h1-2,5,10H,3-4,6-8H2. The van der Waals surface area contributed by atoms with Crippen LogP contribution in [0.2, 0.25) is 10.0 Å². The van der Waals surface area contributed by atoms with Gasteiger partial charge in [0.2, 0.25) is 0 Å². The first-order chi connectivity index (χ1) is 8.19. The summed E-state index contributed by atoms with van der Waals surface area (Å²) in [4.78, 5) is 2.32. The molecular formula is C12H14Cl3NO. The fourth-order valence-electron chi connectivity index (χ4n) is 1.91. The Morgan fingerprint density at radius 2 is 2.12 bits per heavy atom. The molecule has 5 heteroatoms. The van der Waals surface area contributed by atoms with Crippen LogP contribution in [0, 0.1) is 0 Å². The minimum Gasteiger partial charge on any atom is -0.374 e. The first-order valence-electron chi connectivity index (χ1n) is 5.53. The number of rotatable bonds is 3. The lowest BCUT2D eigenvalue weighted by molar-refractivity contribution is -0.0193. The van der Waals surface area contributed by atoms with Gasteiger partial charge in [-0.25, -0.2) is 0 Å². The Morgan fingerprint density at radius 1 is 1.29 bits per heavy atom. The molecule has 2 rings (SSSR count). The Labute approximate surface area is 116 Å². The zero-order chi connectivity index (χ0) is 12.3. The van der Waals surface area contributed by atoms with Crippen molar-refractivity contribution in [3.05, 3.63) is 33.8 Å². The molecule has 1 unspecified atom stereocenters. The molecule has 0 amide bonds. The summed E-state index contributed by atoms with van der Waals surface area (Å²) in [6, 6.07) is 5.74. The SMILES string of the molecule is ClCC1CN(Cc2ccc(Cl)c(Cl)c2)CCO1. The summed E-state index contributed by atoms with van der Waals surface area (Å²) in [6.45, 7) is 3.38. The number of morpholine rings is 1. The van der Waals surface area contributed by atoms with E-state index in [1.54, 1.807) is 0 Å². The van der Waals surface area contributed by atoms with E-state index in [4.69, 9.17) is 39.5 Å². The third-order valence-corrected chi connectivity index (χ3v) is 3.87. The Bertz CT molecular complexity index is 386. The van der Waals surface area contributed by atoms with Crippen molar-refractivity contribution in [1.29, 1.82) is 0 Å². The van der Waals surface area contributed by atoms with Crippen LogP contribution in [0.1, 0.15) is 5.56 Å². The maximum Gasteiger partial charge on any atom is 0.0837 e. The average Bonchev–Trinajstić information content (AvgIpc) is 2.34. The maximum atomic E-state index is 5.99. The van der Waals surface area contributed by atoms with Gasteiger partial charge in [0.25, 0.3) is 0 Å². The highest BCUT2D eigenvalue weighted by Gasteiger charge is 2.19. The van der Waals surface area contributed by atoms with E-state index in [0.29, 0.717) is 15.9 Å². The van der Waals surface area contributed by atoms with Crippen molar-refractivity contribution in [1.82, 2.24) is 4.90 Å². The Hall–Kier alpha value is 0.01000. The first-order valence-corrected chi connectivity index (χ1v) is 6.82. The number of hydrogen-bond acceptors (Lipinski definition) is 2. The Morgan fingerprint density at radius 3 is 2.82 bits per heavy atom. The van der Waals surface area contributed by atoms with Crippen LogP contribution in [0.15, 0.2) is 18.2 Å². The molecule has 17 heavy (non-hydrogen) atoms. The molecule has 0 radical (unpaired) electrons. The van der Waals surface area contributed by atoms with E-state index < -0.39 is 0 Å². The lowest BCUT2D eigenvalue weighted by Gasteiger charge is -2.32. The van der Waals surface area contributed by atoms with Crippen molar-refractivity contribution in [2.24, 2.45) is 0 Å². The molecule has 1 aliphatic rings. The van der Waals surface area contributed by atoms with Crippen molar-refractivity contribution in [2.75, 3.05) is 25.6 Å². The third-order valence-electron chi connectivity index (χ3n) is 2.79. The van der Waals surface area contributed by atoms with Gasteiger partial charge in [0.05, 0.1) is 22.8 Å². The zero-order valence-corrected chi connectivity index (χ0v) is 11.6. The van der Waals surface area contributed by atoms with Crippen molar-refractivity contribution in [2.45, 2.75) is 12.6 Å². The van der Waals surface area contributed by atoms with Gasteiger partial charge in [-0.15, -0.1) is 11.6 Å². The van der Waals surface area contributed by atoms with Crippen LogP contribution in [0.5, 0.6) is 0 Å². The van der Waals surface area contributed by atoms with Gasteiger partial charge in [-0.3, -0.25) is 4.90 Å². The predicted octanol–water partition coefficient (Wildman–Crippen LogP) is 3.43. The molecule has 0 N–H and O–H groups in total. The molecule has 1 aliphatic heterocycles. The van der Waals surface area contributed by atoms with Crippen molar-refractivity contribution < 1.29 is 4.74 Å². The lowest BCUT2D eigenvalue weighted by Crippen LogP contribution is -2.42. The molecule has 1 fully saturated rings. The number of ether oxygens (including phenoxy) is 1. The smallest absolute Gasteiger partial charge is 0.0837 e. The van der Waals surface area contributed by atoms with Crippen LogP contribution in [-0.2, 0) is 11.3 Å². The number of hydrogen-bond donors (Lipinski definition) is 0. The Balaban J connectivity index is 1.97. The summed E-state index contributed by atoms with van der Waals surface area (Å²) in [5.74, 6) is 0.540. The topological polar surface area (TPSA) is 12.5 Å². The van der Waals surface area contributed by atoms with E-state index in [2.05, 4.69) is 4.90 Å². The number of halogens is 3. The predicted molar refractivity (Wildman–Crippen MR) is 72.2 cm³/mol. The van der Waals surface area contributed by atoms with Gasteiger partial charge in [0.1, 0.15) is 0 Å². The highest BCUT2D eigenvalue weighted by atomic mass is 35.5. The third kappa shape index (κ3) is 3.73. The quantitative estimate of drug-likeness (QED) is 0.792. The summed E-state index contributed by atoms with van der Waals surface area (Å²) in [7, 11) is 0. The zero-order valence-electron chi connectivity index (χ0n) is 9.33. The molecule has 1 heterocycles. The van der Waals surface area contributed by atoms with E-state index in [1.807, 2.05) is 18.2 Å². The number of benzene rings is 1. The lowest BCUT2D eigenvalue weighted by atomic mass is 10.2. The van der Waals surface area contributed by atoms with E-state index in [1.165, 1.54) is 0 Å². The Kier molecular flexibility index (Phi) is 4.95. The molecule has 1 aromatic carbocycles. The summed E-state index contributed by atoms with van der Waals surface area (Å²) in [5, 5.41) is 1.20. The van der Waals surface area contributed by atoms with Crippen molar-refractivity contribution in [3.63, 3.8) is 0 Å². The molecule has 1 saturated heterocycles. The van der Waals surface area contributed by atoms with Gasteiger partial charge in [-0.1, -0.05) is 29.3 Å². The largest absolute Gasteiger partial charge is 0.374 e. The van der Waals surface area contributed by atoms with Crippen LogP contribution in [-0.4, -0.2) is 36.6 Å². The summed E-state index contributed by atoms with van der Waals surface area (Å²) < 4.78 is 5.52. The van der Waals surface area contributed by atoms with Crippen LogP contribution in [0.3, 0.4) is 0 Å². The van der Waals surface area contributed by atoms with E-state index in [-0.39, 0.29) is 6.10 Å². The van der Waals surface area contributed by atoms with E-state index in [0.717, 1.165) is 31.8 Å². The van der Waals surface area contributed by atoms with Crippen LogP contribution in [0.25, 0.3) is 0 Å². The fraction of sp³-hybridized carbons (Fsp3) is 0.500. The fourth-order valence-corrected chi connectivity index (χ4v) is 2.42. The molecule has 94 valence electrons. The van der Waals surface area contributed by atoms with Crippen LogP contribution < -0.4 is 0 Å². The first kappa shape index (κ1) is 13.4. The van der Waals surface area contributed by atoms with Crippen molar-refractivity contribution >= 4 is 34.8 Å². The highest BCUT2D eigenvalue weighted by Crippen LogP contribution is 2.23. The molecule has 2 nitrogen and oxygen atoms in total. The van der Waals surface area contributed by atoms with E-state index in [9.17, 15) is 0 Å². The molecule has 1 atom stereocenters. The van der Waals surface area contributed by atoms with Gasteiger partial charge in [0, 0.05) is 25.5 Å². The van der Waals surface area contributed by atoms with Gasteiger partial charge in [-0.2, -0.15) is 0 Å². The van der Waals surface area contributed by atoms with Gasteiger partial charge in [-0.05, 0) is 17.7 Å². The molecule has 0 aromatic heterocycles. The number of alkyl halides is 1. The van der Waals surface area contributed by atoms with Crippen LogP contribution >= 0.6 is 34.8 Å². The minimum absolute atomic E-state index is 0.133. The van der Waals surface area contributed by atoms with Crippen LogP contribution in [0.4, 0.5) is 0 Å². The number of nitrogens with zero attached hydrogens (tertiary/aromatic N) is 1.